The lowest BCUT2D eigenvalue weighted by atomic mass is 10.1. The van der Waals surface area contributed by atoms with E-state index in [4.69, 9.17) is 17.3 Å². The Labute approximate surface area is 109 Å². The Morgan fingerprint density at radius 3 is 2.71 bits per heavy atom. The third kappa shape index (κ3) is 3.14. The summed E-state index contributed by atoms with van der Waals surface area (Å²) in [6.45, 7) is 4.10. The van der Waals surface area contributed by atoms with Crippen molar-refractivity contribution in [2.45, 2.75) is 19.8 Å². The fourth-order valence-corrected chi connectivity index (χ4v) is 2.51. The molecule has 0 saturated heterocycles. The molecule has 3 heteroatoms. The monoisotopic (exact) mass is 252 g/mol. The summed E-state index contributed by atoms with van der Waals surface area (Å²) >= 11 is 6.25. The van der Waals surface area contributed by atoms with Crippen molar-refractivity contribution in [2.24, 2.45) is 17.6 Å². The number of rotatable bonds is 5. The van der Waals surface area contributed by atoms with E-state index in [-0.39, 0.29) is 0 Å². The third-order valence-electron chi connectivity index (χ3n) is 3.68. The molecule has 1 aromatic rings. The van der Waals surface area contributed by atoms with E-state index in [0.29, 0.717) is 6.54 Å². The van der Waals surface area contributed by atoms with Crippen molar-refractivity contribution in [3.05, 3.63) is 28.8 Å². The minimum atomic E-state index is 0.647. The molecule has 0 bridgehead atoms. The Morgan fingerprint density at radius 1 is 1.47 bits per heavy atom. The molecule has 0 amide bonds. The summed E-state index contributed by atoms with van der Waals surface area (Å²) in [5.41, 5.74) is 7.90. The van der Waals surface area contributed by atoms with Gasteiger partial charge in [0.25, 0.3) is 0 Å². The summed E-state index contributed by atoms with van der Waals surface area (Å²) in [6.07, 6.45) is 2.21. The molecule has 94 valence electrons. The highest BCUT2D eigenvalue weighted by atomic mass is 35.5. The van der Waals surface area contributed by atoms with Gasteiger partial charge in [0.05, 0.1) is 0 Å². The maximum Gasteiger partial charge on any atom is 0.0459 e. The van der Waals surface area contributed by atoms with Crippen LogP contribution in [0.2, 0.25) is 5.02 Å². The minimum Gasteiger partial charge on any atom is -0.374 e. The molecule has 1 saturated carbocycles. The highest BCUT2D eigenvalue weighted by Crippen LogP contribution is 2.38. The molecular formula is C14H21ClN2. The molecule has 0 spiro atoms. The van der Waals surface area contributed by atoms with E-state index >= 15 is 0 Å². The topological polar surface area (TPSA) is 29.3 Å². The van der Waals surface area contributed by atoms with Crippen molar-refractivity contribution in [1.82, 2.24) is 0 Å². The minimum absolute atomic E-state index is 0.647. The largest absolute Gasteiger partial charge is 0.374 e. The molecule has 1 aliphatic rings. The molecule has 0 aliphatic heterocycles. The van der Waals surface area contributed by atoms with Crippen LogP contribution in [0.5, 0.6) is 0 Å². The second kappa shape index (κ2) is 5.28. The lowest BCUT2D eigenvalue weighted by molar-refractivity contribution is 0.725. The molecule has 1 aliphatic carbocycles. The average molecular weight is 253 g/mol. The van der Waals surface area contributed by atoms with Gasteiger partial charge in [-0.25, -0.2) is 0 Å². The molecule has 2 N–H and O–H groups in total. The first-order chi connectivity index (χ1) is 8.11. The zero-order valence-corrected chi connectivity index (χ0v) is 11.4. The zero-order valence-electron chi connectivity index (χ0n) is 10.6. The maximum atomic E-state index is 6.25. The molecule has 2 atom stereocenters. The fourth-order valence-electron chi connectivity index (χ4n) is 2.24. The van der Waals surface area contributed by atoms with Gasteiger partial charge >= 0.3 is 0 Å². The van der Waals surface area contributed by atoms with Crippen LogP contribution in [-0.2, 0) is 6.42 Å². The number of hydrogen-bond acceptors (Lipinski definition) is 2. The fraction of sp³-hybridized carbons (Fsp3) is 0.571. The summed E-state index contributed by atoms with van der Waals surface area (Å²) in [5.74, 6) is 1.76. The van der Waals surface area contributed by atoms with Crippen LogP contribution >= 0.6 is 11.6 Å². The van der Waals surface area contributed by atoms with Crippen LogP contribution in [-0.4, -0.2) is 20.1 Å². The molecule has 1 fully saturated rings. The van der Waals surface area contributed by atoms with Crippen molar-refractivity contribution in [3.63, 3.8) is 0 Å². The summed E-state index contributed by atoms with van der Waals surface area (Å²) in [5, 5.41) is 0.837. The molecule has 0 aromatic heterocycles. The van der Waals surface area contributed by atoms with Crippen LogP contribution in [0.15, 0.2) is 18.2 Å². The Kier molecular flexibility index (Phi) is 3.95. The van der Waals surface area contributed by atoms with Gasteiger partial charge in [0.2, 0.25) is 0 Å². The van der Waals surface area contributed by atoms with Crippen molar-refractivity contribution in [2.75, 3.05) is 25.0 Å². The summed E-state index contributed by atoms with van der Waals surface area (Å²) in [7, 11) is 2.14. The van der Waals surface area contributed by atoms with Gasteiger partial charge < -0.3 is 10.6 Å². The number of nitrogens with zero attached hydrogens (tertiary/aromatic N) is 1. The van der Waals surface area contributed by atoms with Gasteiger partial charge in [-0.15, -0.1) is 0 Å². The maximum absolute atomic E-state index is 6.25. The molecule has 2 rings (SSSR count). The van der Waals surface area contributed by atoms with Gasteiger partial charge in [-0.3, -0.25) is 0 Å². The van der Waals surface area contributed by atoms with Gasteiger partial charge in [-0.2, -0.15) is 0 Å². The van der Waals surface area contributed by atoms with E-state index in [1.165, 1.54) is 12.1 Å². The Balaban J connectivity index is 2.02. The quantitative estimate of drug-likeness (QED) is 0.873. The van der Waals surface area contributed by atoms with E-state index in [0.717, 1.165) is 35.4 Å². The highest BCUT2D eigenvalue weighted by Gasteiger charge is 2.33. The van der Waals surface area contributed by atoms with Gasteiger partial charge in [0.1, 0.15) is 0 Å². The Hall–Kier alpha value is -0.730. The first-order valence-electron chi connectivity index (χ1n) is 6.31. The van der Waals surface area contributed by atoms with E-state index in [1.807, 2.05) is 0 Å². The highest BCUT2D eigenvalue weighted by molar-refractivity contribution is 6.31. The Morgan fingerprint density at radius 2 is 2.18 bits per heavy atom. The predicted octanol–water partition coefficient (Wildman–Crippen LogP) is 2.93. The van der Waals surface area contributed by atoms with Crippen molar-refractivity contribution >= 4 is 17.3 Å². The van der Waals surface area contributed by atoms with Crippen LogP contribution in [0.4, 0.5) is 5.69 Å². The molecule has 0 heterocycles. The second-order valence-electron chi connectivity index (χ2n) is 5.17. The molecule has 2 nitrogen and oxygen atoms in total. The van der Waals surface area contributed by atoms with E-state index in [1.54, 1.807) is 0 Å². The first-order valence-corrected chi connectivity index (χ1v) is 6.69. The van der Waals surface area contributed by atoms with E-state index in [2.05, 4.69) is 37.1 Å². The lowest BCUT2D eigenvalue weighted by Crippen LogP contribution is -2.20. The first kappa shape index (κ1) is 12.7. The van der Waals surface area contributed by atoms with Crippen molar-refractivity contribution < 1.29 is 0 Å². The summed E-state index contributed by atoms with van der Waals surface area (Å²) < 4.78 is 0. The lowest BCUT2D eigenvalue weighted by Gasteiger charge is -2.20. The van der Waals surface area contributed by atoms with Crippen molar-refractivity contribution in [3.8, 4) is 0 Å². The second-order valence-corrected chi connectivity index (χ2v) is 5.58. The average Bonchev–Trinajstić information content (AvgIpc) is 2.97. The molecule has 1 aromatic carbocycles. The number of halogens is 1. The van der Waals surface area contributed by atoms with E-state index < -0.39 is 0 Å². The predicted molar refractivity (Wildman–Crippen MR) is 74.8 cm³/mol. The number of hydrogen-bond donors (Lipinski definition) is 1. The van der Waals surface area contributed by atoms with Gasteiger partial charge in [-0.1, -0.05) is 24.6 Å². The van der Waals surface area contributed by atoms with Gasteiger partial charge in [-0.05, 0) is 48.9 Å². The number of nitrogens with two attached hydrogens (primary N) is 1. The van der Waals surface area contributed by atoms with Gasteiger partial charge in [0.15, 0.2) is 0 Å². The number of benzene rings is 1. The smallest absolute Gasteiger partial charge is 0.0459 e. The Bertz CT molecular complexity index is 392. The standard InChI is InChI=1S/C14H21ClN2/c1-10-7-12(10)9-17(2)13-4-3-11(5-6-16)14(15)8-13/h3-4,8,10,12H,5-7,9,16H2,1-2H3. The van der Waals surface area contributed by atoms with Crippen LogP contribution in [0.1, 0.15) is 18.9 Å². The molecule has 17 heavy (non-hydrogen) atoms. The summed E-state index contributed by atoms with van der Waals surface area (Å²) in [6, 6.07) is 6.29. The van der Waals surface area contributed by atoms with E-state index in [9.17, 15) is 0 Å². The summed E-state index contributed by atoms with van der Waals surface area (Å²) in [4.78, 5) is 2.30. The van der Waals surface area contributed by atoms with Crippen LogP contribution in [0.25, 0.3) is 0 Å². The van der Waals surface area contributed by atoms with Crippen LogP contribution in [0, 0.1) is 11.8 Å². The molecule has 2 unspecified atom stereocenters. The molecule has 0 radical (unpaired) electrons. The molecular weight excluding hydrogens is 232 g/mol. The number of anilines is 1. The normalized spacial score (nSPS) is 22.6. The SMILES string of the molecule is CC1CC1CN(C)c1ccc(CCN)c(Cl)c1. The van der Waals surface area contributed by atoms with Crippen LogP contribution < -0.4 is 10.6 Å². The third-order valence-corrected chi connectivity index (χ3v) is 4.03. The van der Waals surface area contributed by atoms with Crippen molar-refractivity contribution in [1.29, 1.82) is 0 Å². The van der Waals surface area contributed by atoms with Crippen LogP contribution in [0.3, 0.4) is 0 Å². The van der Waals surface area contributed by atoms with Gasteiger partial charge in [0, 0.05) is 24.3 Å². The zero-order chi connectivity index (χ0) is 12.4.